The van der Waals surface area contributed by atoms with Crippen LogP contribution >= 0.6 is 0 Å². The van der Waals surface area contributed by atoms with Gasteiger partial charge in [-0.05, 0) is 47.4 Å². The van der Waals surface area contributed by atoms with E-state index in [1.54, 1.807) is 6.20 Å². The number of benzene rings is 2. The zero-order chi connectivity index (χ0) is 18.1. The van der Waals surface area contributed by atoms with Gasteiger partial charge in [0.25, 0.3) is 0 Å². The smallest absolute Gasteiger partial charge is 0.0780 e. The van der Waals surface area contributed by atoms with Crippen LogP contribution in [0.3, 0.4) is 0 Å². The van der Waals surface area contributed by atoms with Crippen molar-refractivity contribution in [3.8, 4) is 22.4 Å². The summed E-state index contributed by atoms with van der Waals surface area (Å²) in [5, 5.41) is 0.968. The molecule has 0 radical (unpaired) electrons. The van der Waals surface area contributed by atoms with Crippen LogP contribution in [0.4, 0.5) is 5.69 Å². The second kappa shape index (κ2) is 6.60. The van der Waals surface area contributed by atoms with Gasteiger partial charge in [-0.15, -0.1) is 0 Å². The largest absolute Gasteiger partial charge is 0.398 e. The van der Waals surface area contributed by atoms with E-state index >= 15 is 0 Å². The summed E-state index contributed by atoms with van der Waals surface area (Å²) in [5.74, 6) is 0.480. The topological polar surface area (TPSA) is 51.8 Å². The molecule has 0 unspecified atom stereocenters. The van der Waals surface area contributed by atoms with Crippen LogP contribution in [0.2, 0.25) is 0 Å². The van der Waals surface area contributed by atoms with E-state index in [4.69, 9.17) is 5.73 Å². The minimum absolute atomic E-state index is 0.480. The van der Waals surface area contributed by atoms with Crippen molar-refractivity contribution in [3.05, 3.63) is 78.6 Å². The van der Waals surface area contributed by atoms with Gasteiger partial charge in [0.2, 0.25) is 0 Å². The number of hydrogen-bond donors (Lipinski definition) is 1. The molecule has 0 aliphatic carbocycles. The molecule has 0 atom stereocenters. The maximum Gasteiger partial charge on any atom is 0.0780 e. The lowest BCUT2D eigenvalue weighted by molar-refractivity contribution is 0.867. The third kappa shape index (κ3) is 2.92. The second-order valence-corrected chi connectivity index (χ2v) is 6.81. The Hall–Kier alpha value is -3.20. The van der Waals surface area contributed by atoms with Crippen molar-refractivity contribution in [3.63, 3.8) is 0 Å². The van der Waals surface area contributed by atoms with Crippen LogP contribution in [-0.4, -0.2) is 9.97 Å². The van der Waals surface area contributed by atoms with E-state index in [0.717, 1.165) is 39.0 Å². The van der Waals surface area contributed by atoms with Gasteiger partial charge in [0.15, 0.2) is 0 Å². The number of fused-ring (bicyclic) bond motifs is 1. The van der Waals surface area contributed by atoms with Gasteiger partial charge < -0.3 is 5.73 Å². The number of pyridine rings is 2. The molecule has 3 nitrogen and oxygen atoms in total. The Morgan fingerprint density at radius 2 is 1.69 bits per heavy atom. The monoisotopic (exact) mass is 339 g/mol. The molecular weight excluding hydrogens is 318 g/mol. The molecule has 0 aliphatic rings. The average molecular weight is 339 g/mol. The van der Waals surface area contributed by atoms with E-state index < -0.39 is 0 Å². The van der Waals surface area contributed by atoms with Crippen LogP contribution in [0.1, 0.15) is 25.3 Å². The summed E-state index contributed by atoms with van der Waals surface area (Å²) in [4.78, 5) is 9.07. The lowest BCUT2D eigenvalue weighted by Crippen LogP contribution is -1.93. The summed E-state index contributed by atoms with van der Waals surface area (Å²) in [7, 11) is 0. The van der Waals surface area contributed by atoms with E-state index in [2.05, 4.69) is 66.3 Å². The number of nitrogens with zero attached hydrogens (tertiary/aromatic N) is 2. The van der Waals surface area contributed by atoms with Crippen LogP contribution in [0, 0.1) is 0 Å². The molecule has 2 N–H and O–H groups in total. The molecule has 0 saturated heterocycles. The molecule has 0 bridgehead atoms. The highest BCUT2D eigenvalue weighted by Crippen LogP contribution is 2.33. The number of nitrogen functional groups attached to an aromatic ring is 1. The van der Waals surface area contributed by atoms with Gasteiger partial charge in [-0.25, -0.2) is 0 Å². The molecule has 2 aromatic heterocycles. The van der Waals surface area contributed by atoms with Gasteiger partial charge >= 0.3 is 0 Å². The zero-order valence-electron chi connectivity index (χ0n) is 15.0. The maximum absolute atomic E-state index is 6.15. The normalized spacial score (nSPS) is 11.2. The first-order valence-corrected chi connectivity index (χ1v) is 8.83. The van der Waals surface area contributed by atoms with E-state index in [1.165, 1.54) is 5.56 Å². The molecule has 0 saturated carbocycles. The fraction of sp³-hybridized carbons (Fsp3) is 0.130. The van der Waals surface area contributed by atoms with Gasteiger partial charge in [-0.3, -0.25) is 9.97 Å². The van der Waals surface area contributed by atoms with Crippen molar-refractivity contribution in [1.29, 1.82) is 0 Å². The number of anilines is 1. The molecule has 3 heteroatoms. The number of nitrogens with two attached hydrogens (primary N) is 1. The average Bonchev–Trinajstić information content (AvgIpc) is 2.68. The van der Waals surface area contributed by atoms with Gasteiger partial charge in [0.05, 0.1) is 11.2 Å². The van der Waals surface area contributed by atoms with Crippen molar-refractivity contribution in [2.24, 2.45) is 0 Å². The Morgan fingerprint density at radius 3 is 2.54 bits per heavy atom. The lowest BCUT2D eigenvalue weighted by Gasteiger charge is -2.12. The SMILES string of the molecule is CC(C)c1cccc(-c2ncccc2-c2ccc3nccc(N)c3c2)c1. The minimum Gasteiger partial charge on any atom is -0.398 e. The summed E-state index contributed by atoms with van der Waals surface area (Å²) in [6.07, 6.45) is 3.59. The van der Waals surface area contributed by atoms with Crippen molar-refractivity contribution < 1.29 is 0 Å². The third-order valence-corrected chi connectivity index (χ3v) is 4.72. The van der Waals surface area contributed by atoms with Gasteiger partial charge in [0.1, 0.15) is 0 Å². The lowest BCUT2D eigenvalue weighted by atomic mass is 9.95. The summed E-state index contributed by atoms with van der Waals surface area (Å²) in [6, 6.07) is 20.7. The molecule has 2 aromatic carbocycles. The maximum atomic E-state index is 6.15. The first-order valence-electron chi connectivity index (χ1n) is 8.83. The van der Waals surface area contributed by atoms with Gasteiger partial charge in [-0.2, -0.15) is 0 Å². The van der Waals surface area contributed by atoms with Crippen molar-refractivity contribution in [2.45, 2.75) is 19.8 Å². The molecule has 2 heterocycles. The Kier molecular flexibility index (Phi) is 4.13. The highest BCUT2D eigenvalue weighted by molar-refractivity contribution is 5.94. The Bertz CT molecular complexity index is 1080. The predicted molar refractivity (Wildman–Crippen MR) is 109 cm³/mol. The van der Waals surface area contributed by atoms with Crippen LogP contribution in [0.25, 0.3) is 33.3 Å². The van der Waals surface area contributed by atoms with E-state index in [9.17, 15) is 0 Å². The molecule has 0 aliphatic heterocycles. The van der Waals surface area contributed by atoms with Gasteiger partial charge in [-0.1, -0.05) is 44.2 Å². The molecule has 0 spiro atoms. The highest BCUT2D eigenvalue weighted by Gasteiger charge is 2.11. The number of hydrogen-bond acceptors (Lipinski definition) is 3. The van der Waals surface area contributed by atoms with Crippen molar-refractivity contribution >= 4 is 16.6 Å². The molecule has 26 heavy (non-hydrogen) atoms. The summed E-state index contributed by atoms with van der Waals surface area (Å²) in [5.41, 5.74) is 13.4. The van der Waals surface area contributed by atoms with Crippen molar-refractivity contribution in [2.75, 3.05) is 5.73 Å². The van der Waals surface area contributed by atoms with Crippen LogP contribution in [-0.2, 0) is 0 Å². The van der Waals surface area contributed by atoms with Gasteiger partial charge in [0, 0.05) is 34.6 Å². The Morgan fingerprint density at radius 1 is 0.808 bits per heavy atom. The number of aromatic nitrogens is 2. The van der Waals surface area contributed by atoms with Crippen LogP contribution in [0.15, 0.2) is 73.1 Å². The minimum atomic E-state index is 0.480. The molecule has 0 fully saturated rings. The molecule has 4 aromatic rings. The van der Waals surface area contributed by atoms with E-state index in [0.29, 0.717) is 5.92 Å². The summed E-state index contributed by atoms with van der Waals surface area (Å²) in [6.45, 7) is 4.41. The Balaban J connectivity index is 1.89. The fourth-order valence-electron chi connectivity index (χ4n) is 3.25. The quantitative estimate of drug-likeness (QED) is 0.523. The number of rotatable bonds is 3. The third-order valence-electron chi connectivity index (χ3n) is 4.72. The zero-order valence-corrected chi connectivity index (χ0v) is 15.0. The standard InChI is InChI=1S/C23H21N3/c1-15(2)16-5-3-6-18(13-16)23-19(7-4-11-26-23)17-8-9-22-20(14-17)21(24)10-12-25-22/h3-15H,1-2H3,(H2,24,25). The van der Waals surface area contributed by atoms with Crippen LogP contribution in [0.5, 0.6) is 0 Å². The van der Waals surface area contributed by atoms with E-state index in [-0.39, 0.29) is 0 Å². The van der Waals surface area contributed by atoms with Crippen LogP contribution < -0.4 is 5.73 Å². The second-order valence-electron chi connectivity index (χ2n) is 6.81. The molecule has 128 valence electrons. The molecular formula is C23H21N3. The molecule has 0 amide bonds. The van der Waals surface area contributed by atoms with Crippen molar-refractivity contribution in [1.82, 2.24) is 9.97 Å². The first kappa shape index (κ1) is 16.3. The predicted octanol–water partition coefficient (Wildman–Crippen LogP) is 5.67. The Labute approximate surface area is 153 Å². The molecule has 4 rings (SSSR count). The van der Waals surface area contributed by atoms with E-state index in [1.807, 2.05) is 24.4 Å². The fourth-order valence-corrected chi connectivity index (χ4v) is 3.25. The summed E-state index contributed by atoms with van der Waals surface area (Å²) >= 11 is 0. The first-order chi connectivity index (χ1) is 12.6. The highest BCUT2D eigenvalue weighted by atomic mass is 14.7. The summed E-state index contributed by atoms with van der Waals surface area (Å²) < 4.78 is 0.